The fourth-order valence-corrected chi connectivity index (χ4v) is 5.15. The summed E-state index contributed by atoms with van der Waals surface area (Å²) < 4.78 is 32.2. The molecule has 1 saturated heterocycles. The molecule has 14 heteroatoms. The van der Waals surface area contributed by atoms with Crippen molar-refractivity contribution in [2.24, 2.45) is 0 Å². The molecule has 228 valence electrons. The SMILES string of the molecule is CC(=O)OC[C@H]1O[C@H](OC(=N)C(Cl)(Cl)Cl)[C@H](O[C@H](CSc2ccccc2)c2ccccc2)[C@@H](OC(C)=O)[C@@H]1OC(C)=O. The molecule has 6 atom stereocenters. The largest absolute Gasteiger partial charge is 0.463 e. The number of carbonyl (C=O) groups is 3. The van der Waals surface area contributed by atoms with Crippen molar-refractivity contribution in [3.63, 3.8) is 0 Å². The lowest BCUT2D eigenvalue weighted by Gasteiger charge is -2.45. The number of rotatable bonds is 11. The Morgan fingerprint density at radius 3 is 1.98 bits per heavy atom. The molecule has 1 heterocycles. The van der Waals surface area contributed by atoms with Crippen molar-refractivity contribution in [3.05, 3.63) is 66.2 Å². The van der Waals surface area contributed by atoms with E-state index < -0.39 is 71.0 Å². The summed E-state index contributed by atoms with van der Waals surface area (Å²) >= 11 is 19.2. The van der Waals surface area contributed by atoms with Gasteiger partial charge in [-0.15, -0.1) is 11.8 Å². The summed E-state index contributed by atoms with van der Waals surface area (Å²) in [7, 11) is 0. The topological polar surface area (TPSA) is 130 Å². The molecular weight excluding hydrogens is 633 g/mol. The van der Waals surface area contributed by atoms with Crippen molar-refractivity contribution in [1.82, 2.24) is 0 Å². The monoisotopic (exact) mass is 661 g/mol. The van der Waals surface area contributed by atoms with Crippen LogP contribution in [0.1, 0.15) is 32.4 Å². The normalized spacial score (nSPS) is 22.9. The fraction of sp³-hybridized carbons (Fsp3) is 0.429. The van der Waals surface area contributed by atoms with Crippen LogP contribution in [0.15, 0.2) is 65.6 Å². The van der Waals surface area contributed by atoms with Crippen molar-refractivity contribution in [2.45, 2.75) is 66.3 Å². The van der Waals surface area contributed by atoms with Crippen molar-refractivity contribution in [3.8, 4) is 0 Å². The highest BCUT2D eigenvalue weighted by Gasteiger charge is 2.54. The molecule has 3 rings (SSSR count). The first-order valence-electron chi connectivity index (χ1n) is 12.7. The maximum absolute atomic E-state index is 12.3. The number of alkyl halides is 3. The van der Waals surface area contributed by atoms with Gasteiger partial charge in [0.15, 0.2) is 18.3 Å². The van der Waals surface area contributed by atoms with Crippen LogP contribution in [0.25, 0.3) is 0 Å². The number of benzene rings is 2. The van der Waals surface area contributed by atoms with E-state index in [0.717, 1.165) is 24.3 Å². The number of halogens is 3. The average molecular weight is 663 g/mol. The third kappa shape index (κ3) is 10.3. The smallest absolute Gasteiger partial charge is 0.303 e. The van der Waals surface area contributed by atoms with Crippen LogP contribution < -0.4 is 0 Å². The van der Waals surface area contributed by atoms with Crippen LogP contribution in [0, 0.1) is 5.41 Å². The van der Waals surface area contributed by atoms with Crippen LogP contribution in [0.4, 0.5) is 0 Å². The quantitative estimate of drug-likeness (QED) is 0.0831. The maximum atomic E-state index is 12.3. The van der Waals surface area contributed by atoms with Gasteiger partial charge in [0.2, 0.25) is 12.2 Å². The van der Waals surface area contributed by atoms with Crippen LogP contribution in [0.3, 0.4) is 0 Å². The molecular formula is C28H30Cl3NO9S. The molecule has 2 aromatic carbocycles. The highest BCUT2D eigenvalue weighted by Crippen LogP contribution is 2.37. The molecule has 42 heavy (non-hydrogen) atoms. The third-order valence-electron chi connectivity index (χ3n) is 5.77. The Kier molecular flexibility index (Phi) is 12.8. The van der Waals surface area contributed by atoms with Crippen LogP contribution in [-0.2, 0) is 42.8 Å². The standard InChI is InChI=1S/C28H30Cl3NO9S/c1-16(33)36-14-21-23(37-17(2)34)24(38-18(3)35)25(26(40-21)41-27(32)28(29,30)31)39-22(19-10-6-4-7-11-19)15-42-20-12-8-5-9-13-20/h4-13,21-26,32H,14-15H2,1-3H3/t21-,22-,23-,24+,25-,26-/m1/s1. The van der Waals surface area contributed by atoms with Crippen molar-refractivity contribution >= 4 is 70.4 Å². The Labute approximate surface area is 262 Å². The molecule has 0 radical (unpaired) electrons. The van der Waals surface area contributed by atoms with Gasteiger partial charge in [0.1, 0.15) is 12.7 Å². The van der Waals surface area contributed by atoms with E-state index >= 15 is 0 Å². The molecule has 0 bridgehead atoms. The summed E-state index contributed by atoms with van der Waals surface area (Å²) in [6, 6.07) is 18.8. The lowest BCUT2D eigenvalue weighted by Crippen LogP contribution is -2.63. The average Bonchev–Trinajstić information content (AvgIpc) is 2.92. The van der Waals surface area contributed by atoms with E-state index in [4.69, 9.17) is 68.6 Å². The molecule has 0 aliphatic carbocycles. The second-order valence-electron chi connectivity index (χ2n) is 9.06. The van der Waals surface area contributed by atoms with E-state index in [9.17, 15) is 14.4 Å². The zero-order chi connectivity index (χ0) is 30.9. The van der Waals surface area contributed by atoms with Gasteiger partial charge in [0, 0.05) is 31.4 Å². The summed E-state index contributed by atoms with van der Waals surface area (Å²) in [6.45, 7) is 3.09. The highest BCUT2D eigenvalue weighted by atomic mass is 35.6. The van der Waals surface area contributed by atoms with Crippen LogP contribution in [-0.4, -0.2) is 70.7 Å². The Hall–Kier alpha value is -2.54. The second kappa shape index (κ2) is 15.8. The highest BCUT2D eigenvalue weighted by molar-refractivity contribution is 7.99. The molecule has 0 amide bonds. The second-order valence-corrected chi connectivity index (χ2v) is 12.4. The number of nitrogens with one attached hydrogen (secondary N) is 1. The number of hydrogen-bond donors (Lipinski definition) is 1. The molecule has 1 N–H and O–H groups in total. The zero-order valence-electron chi connectivity index (χ0n) is 22.9. The van der Waals surface area contributed by atoms with E-state index in [2.05, 4.69) is 0 Å². The number of hydrogen-bond acceptors (Lipinski definition) is 11. The lowest BCUT2D eigenvalue weighted by molar-refractivity contribution is -0.303. The molecule has 0 spiro atoms. The predicted octanol–water partition coefficient (Wildman–Crippen LogP) is 5.42. The number of esters is 3. The van der Waals surface area contributed by atoms with E-state index in [1.807, 2.05) is 60.7 Å². The molecule has 1 aliphatic rings. The Morgan fingerprint density at radius 1 is 0.857 bits per heavy atom. The first-order valence-corrected chi connectivity index (χ1v) is 14.8. The van der Waals surface area contributed by atoms with E-state index in [-0.39, 0.29) is 0 Å². The summed E-state index contributed by atoms with van der Waals surface area (Å²) in [5, 5.41) is 8.18. The maximum Gasteiger partial charge on any atom is 0.303 e. The van der Waals surface area contributed by atoms with Gasteiger partial charge < -0.3 is 28.4 Å². The summed E-state index contributed by atoms with van der Waals surface area (Å²) in [6.07, 6.45) is -7.35. The molecule has 0 unspecified atom stereocenters. The minimum absolute atomic E-state index is 0.390. The van der Waals surface area contributed by atoms with Gasteiger partial charge in [-0.3, -0.25) is 19.8 Å². The van der Waals surface area contributed by atoms with Gasteiger partial charge >= 0.3 is 17.9 Å². The van der Waals surface area contributed by atoms with Crippen LogP contribution in [0.2, 0.25) is 0 Å². The van der Waals surface area contributed by atoms with Crippen LogP contribution in [0.5, 0.6) is 0 Å². The predicted molar refractivity (Wildman–Crippen MR) is 157 cm³/mol. The zero-order valence-corrected chi connectivity index (χ0v) is 26.0. The molecule has 0 aromatic heterocycles. The minimum atomic E-state index is -2.27. The number of carbonyl (C=O) groups excluding carboxylic acids is 3. The van der Waals surface area contributed by atoms with Gasteiger partial charge in [0.25, 0.3) is 3.79 Å². The third-order valence-corrected chi connectivity index (χ3v) is 7.36. The van der Waals surface area contributed by atoms with Gasteiger partial charge in [-0.25, -0.2) is 0 Å². The molecule has 0 saturated carbocycles. The molecule has 1 fully saturated rings. The first-order chi connectivity index (χ1) is 19.8. The van der Waals surface area contributed by atoms with E-state index in [0.29, 0.717) is 5.75 Å². The Morgan fingerprint density at radius 2 is 1.43 bits per heavy atom. The lowest BCUT2D eigenvalue weighted by atomic mass is 9.97. The van der Waals surface area contributed by atoms with Gasteiger partial charge in [-0.05, 0) is 17.7 Å². The molecule has 1 aliphatic heterocycles. The molecule has 10 nitrogen and oxygen atoms in total. The van der Waals surface area contributed by atoms with Crippen molar-refractivity contribution < 1.29 is 42.8 Å². The van der Waals surface area contributed by atoms with Crippen molar-refractivity contribution in [1.29, 1.82) is 5.41 Å². The summed E-state index contributed by atoms with van der Waals surface area (Å²) in [5.41, 5.74) is 0.767. The Bertz CT molecular complexity index is 1220. The first kappa shape index (κ1) is 34.0. The van der Waals surface area contributed by atoms with E-state index in [1.165, 1.54) is 18.7 Å². The summed E-state index contributed by atoms with van der Waals surface area (Å²) in [5.74, 6) is -2.51. The minimum Gasteiger partial charge on any atom is -0.463 e. The van der Waals surface area contributed by atoms with Gasteiger partial charge in [0.05, 0.1) is 6.10 Å². The molecule has 2 aromatic rings. The fourth-order valence-electron chi connectivity index (χ4n) is 4.05. The summed E-state index contributed by atoms with van der Waals surface area (Å²) in [4.78, 5) is 37.0. The van der Waals surface area contributed by atoms with Crippen LogP contribution >= 0.6 is 46.6 Å². The van der Waals surface area contributed by atoms with Crippen molar-refractivity contribution in [2.75, 3.05) is 12.4 Å². The van der Waals surface area contributed by atoms with Gasteiger partial charge in [-0.1, -0.05) is 83.3 Å². The van der Waals surface area contributed by atoms with Gasteiger partial charge in [-0.2, -0.15) is 0 Å². The number of thioether (sulfide) groups is 1. The van der Waals surface area contributed by atoms with E-state index in [1.54, 1.807) is 0 Å². The Balaban J connectivity index is 2.05. The number of ether oxygens (including phenoxy) is 6.